The molecule has 0 atom stereocenters. The number of carbonyl (C=O) groups excluding carboxylic acids is 1. The fraction of sp³-hybridized carbons (Fsp3) is 0.286. The lowest BCUT2D eigenvalue weighted by molar-refractivity contribution is -0.145. The Morgan fingerprint density at radius 2 is 1.84 bits per heavy atom. The maximum absolute atomic E-state index is 11.6. The second-order valence-electron chi connectivity index (χ2n) is 4.53. The average molecular weight is 263 g/mol. The van der Waals surface area contributed by atoms with Crippen molar-refractivity contribution in [3.05, 3.63) is 35.9 Å². The molecule has 0 aliphatic heterocycles. The molecule has 0 spiro atoms. The SMILES string of the molecule is COc1ccc(/C=C/C(=O)NC(C)(C)C(=O)O)cc1. The van der Waals surface area contributed by atoms with Gasteiger partial charge in [-0.1, -0.05) is 12.1 Å². The third-order valence-corrected chi connectivity index (χ3v) is 2.51. The number of carboxylic acids is 1. The number of rotatable bonds is 5. The van der Waals surface area contributed by atoms with E-state index in [9.17, 15) is 9.59 Å². The molecule has 5 nitrogen and oxygen atoms in total. The van der Waals surface area contributed by atoms with Crippen molar-refractivity contribution in [3.8, 4) is 5.75 Å². The highest BCUT2D eigenvalue weighted by Gasteiger charge is 2.27. The van der Waals surface area contributed by atoms with Gasteiger partial charge in [-0.3, -0.25) is 4.79 Å². The smallest absolute Gasteiger partial charge is 0.328 e. The first-order valence-corrected chi connectivity index (χ1v) is 5.73. The number of nitrogens with one attached hydrogen (secondary N) is 1. The molecule has 1 aromatic rings. The first-order valence-electron chi connectivity index (χ1n) is 5.73. The van der Waals surface area contributed by atoms with Crippen LogP contribution < -0.4 is 10.1 Å². The van der Waals surface area contributed by atoms with Gasteiger partial charge in [0, 0.05) is 6.08 Å². The molecule has 0 unspecified atom stereocenters. The number of hydrogen-bond acceptors (Lipinski definition) is 3. The zero-order valence-corrected chi connectivity index (χ0v) is 11.1. The summed E-state index contributed by atoms with van der Waals surface area (Å²) in [5.41, 5.74) is -0.467. The second-order valence-corrected chi connectivity index (χ2v) is 4.53. The zero-order chi connectivity index (χ0) is 14.5. The van der Waals surface area contributed by atoms with Crippen molar-refractivity contribution in [1.29, 1.82) is 0 Å². The van der Waals surface area contributed by atoms with Gasteiger partial charge in [-0.2, -0.15) is 0 Å². The number of aliphatic carboxylic acids is 1. The molecule has 19 heavy (non-hydrogen) atoms. The number of hydrogen-bond donors (Lipinski definition) is 2. The Labute approximate surface area is 111 Å². The summed E-state index contributed by atoms with van der Waals surface area (Å²) < 4.78 is 5.02. The van der Waals surface area contributed by atoms with Gasteiger partial charge in [-0.15, -0.1) is 0 Å². The topological polar surface area (TPSA) is 75.6 Å². The molecule has 0 saturated heterocycles. The summed E-state index contributed by atoms with van der Waals surface area (Å²) >= 11 is 0. The third-order valence-electron chi connectivity index (χ3n) is 2.51. The lowest BCUT2D eigenvalue weighted by Crippen LogP contribution is -2.49. The van der Waals surface area contributed by atoms with Crippen LogP contribution in [0, 0.1) is 0 Å². The van der Waals surface area contributed by atoms with Crippen molar-refractivity contribution in [2.75, 3.05) is 7.11 Å². The van der Waals surface area contributed by atoms with Crippen LogP contribution in [0.1, 0.15) is 19.4 Å². The van der Waals surface area contributed by atoms with Crippen LogP contribution in [0.15, 0.2) is 30.3 Å². The maximum atomic E-state index is 11.6. The van der Waals surface area contributed by atoms with Gasteiger partial charge in [0.05, 0.1) is 7.11 Å². The minimum Gasteiger partial charge on any atom is -0.497 e. The molecule has 0 aliphatic carbocycles. The van der Waals surface area contributed by atoms with Crippen LogP contribution in [0.2, 0.25) is 0 Å². The molecule has 0 radical (unpaired) electrons. The van der Waals surface area contributed by atoms with Crippen LogP contribution in [0.4, 0.5) is 0 Å². The largest absolute Gasteiger partial charge is 0.497 e. The van der Waals surface area contributed by atoms with Crippen LogP contribution in [0.5, 0.6) is 5.75 Å². The van der Waals surface area contributed by atoms with Crippen molar-refractivity contribution >= 4 is 18.0 Å². The quantitative estimate of drug-likeness (QED) is 0.793. The Morgan fingerprint density at radius 3 is 2.32 bits per heavy atom. The average Bonchev–Trinajstić information content (AvgIpc) is 2.36. The highest BCUT2D eigenvalue weighted by Crippen LogP contribution is 2.12. The lowest BCUT2D eigenvalue weighted by atomic mass is 10.1. The predicted molar refractivity (Wildman–Crippen MR) is 71.9 cm³/mol. The van der Waals surface area contributed by atoms with Gasteiger partial charge in [0.2, 0.25) is 5.91 Å². The van der Waals surface area contributed by atoms with E-state index in [2.05, 4.69) is 5.32 Å². The van der Waals surface area contributed by atoms with Gasteiger partial charge in [0.25, 0.3) is 0 Å². The summed E-state index contributed by atoms with van der Waals surface area (Å²) in [4.78, 5) is 22.4. The molecule has 0 heterocycles. The van der Waals surface area contributed by atoms with Crippen LogP contribution in [-0.2, 0) is 9.59 Å². The molecule has 0 aromatic heterocycles. The molecular formula is C14H17NO4. The van der Waals surface area contributed by atoms with Crippen molar-refractivity contribution in [1.82, 2.24) is 5.32 Å². The Hall–Kier alpha value is -2.30. The van der Waals surface area contributed by atoms with Gasteiger partial charge in [0.15, 0.2) is 0 Å². The Morgan fingerprint density at radius 1 is 1.26 bits per heavy atom. The van der Waals surface area contributed by atoms with Gasteiger partial charge in [0.1, 0.15) is 11.3 Å². The molecule has 0 fully saturated rings. The first-order chi connectivity index (χ1) is 8.85. The standard InChI is InChI=1S/C14H17NO4/c1-14(2,13(17)18)15-12(16)9-6-10-4-7-11(19-3)8-5-10/h4-9H,1-3H3,(H,15,16)(H,17,18)/b9-6+. The van der Waals surface area contributed by atoms with Crippen LogP contribution >= 0.6 is 0 Å². The number of carbonyl (C=O) groups is 2. The molecular weight excluding hydrogens is 246 g/mol. The van der Waals surface area contributed by atoms with E-state index in [-0.39, 0.29) is 0 Å². The molecule has 1 rings (SSSR count). The number of methoxy groups -OCH3 is 1. The molecule has 0 saturated carbocycles. The minimum absolute atomic E-state index is 0.455. The van der Waals surface area contributed by atoms with Crippen LogP contribution in [0.3, 0.4) is 0 Å². The minimum atomic E-state index is -1.29. The fourth-order valence-corrected chi connectivity index (χ4v) is 1.29. The molecule has 0 bridgehead atoms. The zero-order valence-electron chi connectivity index (χ0n) is 11.1. The second kappa shape index (κ2) is 6.04. The Balaban J connectivity index is 2.65. The van der Waals surface area contributed by atoms with Crippen molar-refractivity contribution < 1.29 is 19.4 Å². The van der Waals surface area contributed by atoms with E-state index in [4.69, 9.17) is 9.84 Å². The lowest BCUT2D eigenvalue weighted by Gasteiger charge is -2.19. The number of carboxylic acid groups (broad SMARTS) is 1. The van der Waals surface area contributed by atoms with Gasteiger partial charge < -0.3 is 15.2 Å². The van der Waals surface area contributed by atoms with E-state index in [1.807, 2.05) is 0 Å². The summed E-state index contributed by atoms with van der Waals surface area (Å²) in [6.45, 7) is 2.85. The van der Waals surface area contributed by atoms with Crippen LogP contribution in [-0.4, -0.2) is 29.6 Å². The Bertz CT molecular complexity index is 489. The van der Waals surface area contributed by atoms with E-state index in [0.29, 0.717) is 0 Å². The van der Waals surface area contributed by atoms with Crippen molar-refractivity contribution in [3.63, 3.8) is 0 Å². The van der Waals surface area contributed by atoms with Crippen LogP contribution in [0.25, 0.3) is 6.08 Å². The number of ether oxygens (including phenoxy) is 1. The highest BCUT2D eigenvalue weighted by molar-refractivity contribution is 5.95. The molecule has 5 heteroatoms. The van der Waals surface area contributed by atoms with E-state index < -0.39 is 17.4 Å². The monoisotopic (exact) mass is 263 g/mol. The van der Waals surface area contributed by atoms with Gasteiger partial charge in [-0.25, -0.2) is 4.79 Å². The molecule has 2 N–H and O–H groups in total. The molecule has 1 amide bonds. The molecule has 1 aromatic carbocycles. The number of benzene rings is 1. The van der Waals surface area contributed by atoms with E-state index in [1.165, 1.54) is 19.9 Å². The summed E-state index contributed by atoms with van der Waals surface area (Å²) in [6.07, 6.45) is 2.90. The summed E-state index contributed by atoms with van der Waals surface area (Å²) in [5.74, 6) is -0.810. The molecule has 102 valence electrons. The Kier molecular flexibility index (Phi) is 4.69. The summed E-state index contributed by atoms with van der Waals surface area (Å²) in [5, 5.41) is 11.3. The van der Waals surface area contributed by atoms with E-state index in [0.717, 1.165) is 11.3 Å². The fourth-order valence-electron chi connectivity index (χ4n) is 1.29. The normalized spacial score (nSPS) is 11.3. The van der Waals surface area contributed by atoms with Gasteiger partial charge in [-0.05, 0) is 37.6 Å². The first kappa shape index (κ1) is 14.8. The highest BCUT2D eigenvalue weighted by atomic mass is 16.5. The third kappa shape index (κ3) is 4.46. The van der Waals surface area contributed by atoms with Crippen molar-refractivity contribution in [2.24, 2.45) is 0 Å². The predicted octanol–water partition coefficient (Wildman–Crippen LogP) is 1.69. The summed E-state index contributed by atoms with van der Waals surface area (Å²) in [7, 11) is 1.58. The summed E-state index contributed by atoms with van der Waals surface area (Å²) in [6, 6.07) is 7.15. The van der Waals surface area contributed by atoms with E-state index >= 15 is 0 Å². The van der Waals surface area contributed by atoms with Crippen molar-refractivity contribution in [2.45, 2.75) is 19.4 Å². The molecule has 0 aliphatic rings. The maximum Gasteiger partial charge on any atom is 0.328 e. The van der Waals surface area contributed by atoms with E-state index in [1.54, 1.807) is 37.5 Å². The van der Waals surface area contributed by atoms with Gasteiger partial charge >= 0.3 is 5.97 Å². The number of amides is 1.